The lowest BCUT2D eigenvalue weighted by Crippen LogP contribution is -2.31. The van der Waals surface area contributed by atoms with Crippen molar-refractivity contribution in [3.63, 3.8) is 0 Å². The minimum Gasteiger partial charge on any atom is -0.325 e. The quantitative estimate of drug-likeness (QED) is 0.494. The molecule has 1 aliphatic heterocycles. The molecule has 2 N–H and O–H groups in total. The standard InChI is InChI=1S/C7H12N2O2S/c1-2-3-12-4-5-6(10)9-7(11)8-5/h5H,2-4H2,1H3,(H2,8,9,10,11)/t5-/m0/s1. The van der Waals surface area contributed by atoms with E-state index in [0.717, 1.165) is 12.2 Å². The highest BCUT2D eigenvalue weighted by Gasteiger charge is 2.28. The van der Waals surface area contributed by atoms with E-state index in [9.17, 15) is 9.59 Å². The monoisotopic (exact) mass is 188 g/mol. The molecule has 0 saturated carbocycles. The topological polar surface area (TPSA) is 58.2 Å². The highest BCUT2D eigenvalue weighted by atomic mass is 32.2. The summed E-state index contributed by atoms with van der Waals surface area (Å²) in [6.45, 7) is 2.08. The minimum atomic E-state index is -0.373. The molecule has 1 atom stereocenters. The Morgan fingerprint density at radius 2 is 2.25 bits per heavy atom. The van der Waals surface area contributed by atoms with Crippen molar-refractivity contribution >= 4 is 23.7 Å². The fourth-order valence-electron chi connectivity index (χ4n) is 0.922. The van der Waals surface area contributed by atoms with Crippen molar-refractivity contribution in [1.29, 1.82) is 0 Å². The highest BCUT2D eigenvalue weighted by Crippen LogP contribution is 2.06. The van der Waals surface area contributed by atoms with Crippen LogP contribution in [0.5, 0.6) is 0 Å². The summed E-state index contributed by atoms with van der Waals surface area (Å²) in [6.07, 6.45) is 1.09. The Morgan fingerprint density at radius 3 is 2.75 bits per heavy atom. The third kappa shape index (κ3) is 2.41. The molecule has 5 heteroatoms. The number of rotatable bonds is 4. The molecule has 0 aromatic rings. The van der Waals surface area contributed by atoms with Gasteiger partial charge in [0.2, 0.25) is 0 Å². The number of thioether (sulfide) groups is 1. The van der Waals surface area contributed by atoms with E-state index in [1.807, 2.05) is 0 Å². The van der Waals surface area contributed by atoms with Gasteiger partial charge in [0.05, 0.1) is 0 Å². The number of carbonyl (C=O) groups is 2. The normalized spacial score (nSPS) is 22.2. The van der Waals surface area contributed by atoms with E-state index in [-0.39, 0.29) is 18.0 Å². The van der Waals surface area contributed by atoms with E-state index < -0.39 is 0 Å². The number of amides is 3. The molecule has 0 spiro atoms. The SMILES string of the molecule is CCCSC[C@@H]1NC(=O)NC1=O. The Hall–Kier alpha value is -0.710. The van der Waals surface area contributed by atoms with Gasteiger partial charge in [0, 0.05) is 5.75 Å². The minimum absolute atomic E-state index is 0.205. The first-order valence-corrected chi connectivity index (χ1v) is 5.08. The van der Waals surface area contributed by atoms with Crippen LogP contribution in [0.1, 0.15) is 13.3 Å². The molecule has 1 heterocycles. The van der Waals surface area contributed by atoms with Crippen LogP contribution in [-0.4, -0.2) is 29.5 Å². The maximum Gasteiger partial charge on any atom is 0.322 e. The average molecular weight is 188 g/mol. The first kappa shape index (κ1) is 9.38. The van der Waals surface area contributed by atoms with E-state index in [1.165, 1.54) is 0 Å². The maximum atomic E-state index is 11.0. The Bertz CT molecular complexity index is 196. The van der Waals surface area contributed by atoms with Crippen LogP contribution in [0.2, 0.25) is 0 Å². The molecule has 0 bridgehead atoms. The van der Waals surface area contributed by atoms with Gasteiger partial charge >= 0.3 is 6.03 Å². The van der Waals surface area contributed by atoms with Crippen LogP contribution >= 0.6 is 11.8 Å². The molecule has 0 aliphatic carbocycles. The molecule has 0 aromatic heterocycles. The highest BCUT2D eigenvalue weighted by molar-refractivity contribution is 7.99. The molecule has 1 aliphatic rings. The van der Waals surface area contributed by atoms with Crippen molar-refractivity contribution in [2.24, 2.45) is 0 Å². The Labute approximate surface area is 75.5 Å². The van der Waals surface area contributed by atoms with E-state index in [2.05, 4.69) is 17.6 Å². The van der Waals surface area contributed by atoms with Crippen molar-refractivity contribution in [3.8, 4) is 0 Å². The van der Waals surface area contributed by atoms with Gasteiger partial charge in [-0.25, -0.2) is 4.79 Å². The summed E-state index contributed by atoms with van der Waals surface area (Å²) in [7, 11) is 0. The van der Waals surface area contributed by atoms with Crippen LogP contribution in [0.3, 0.4) is 0 Å². The first-order valence-electron chi connectivity index (χ1n) is 3.93. The summed E-state index contributed by atoms with van der Waals surface area (Å²) >= 11 is 1.68. The van der Waals surface area contributed by atoms with Crippen LogP contribution in [0.4, 0.5) is 4.79 Å². The largest absolute Gasteiger partial charge is 0.325 e. The summed E-state index contributed by atoms with van der Waals surface area (Å²) < 4.78 is 0. The Balaban J connectivity index is 2.24. The van der Waals surface area contributed by atoms with Gasteiger partial charge in [-0.05, 0) is 12.2 Å². The van der Waals surface area contributed by atoms with Crippen LogP contribution in [0, 0.1) is 0 Å². The third-order valence-corrected chi connectivity index (χ3v) is 2.76. The van der Waals surface area contributed by atoms with E-state index in [0.29, 0.717) is 5.75 Å². The van der Waals surface area contributed by atoms with Gasteiger partial charge in [-0.15, -0.1) is 0 Å². The molecular formula is C7H12N2O2S. The van der Waals surface area contributed by atoms with Gasteiger partial charge < -0.3 is 5.32 Å². The van der Waals surface area contributed by atoms with Gasteiger partial charge in [0.25, 0.3) is 5.91 Å². The lowest BCUT2D eigenvalue weighted by molar-refractivity contribution is -0.119. The molecule has 1 fully saturated rings. The second kappa shape index (κ2) is 4.35. The maximum absolute atomic E-state index is 11.0. The van der Waals surface area contributed by atoms with Crippen molar-refractivity contribution in [2.45, 2.75) is 19.4 Å². The van der Waals surface area contributed by atoms with Crippen LogP contribution in [0.15, 0.2) is 0 Å². The zero-order valence-corrected chi connectivity index (χ0v) is 7.74. The van der Waals surface area contributed by atoms with E-state index in [1.54, 1.807) is 11.8 Å². The zero-order valence-electron chi connectivity index (χ0n) is 6.92. The molecule has 68 valence electrons. The number of imide groups is 1. The third-order valence-electron chi connectivity index (χ3n) is 1.49. The van der Waals surface area contributed by atoms with E-state index >= 15 is 0 Å². The first-order chi connectivity index (χ1) is 5.74. The van der Waals surface area contributed by atoms with Crippen molar-refractivity contribution in [2.75, 3.05) is 11.5 Å². The second-order valence-corrected chi connectivity index (χ2v) is 3.74. The molecule has 0 unspecified atom stereocenters. The predicted octanol–water partition coefficient (Wildman–Crippen LogP) is 0.338. The van der Waals surface area contributed by atoms with Gasteiger partial charge in [0.15, 0.2) is 0 Å². The van der Waals surface area contributed by atoms with Crippen LogP contribution < -0.4 is 10.6 Å². The lowest BCUT2D eigenvalue weighted by Gasteiger charge is -2.04. The Morgan fingerprint density at radius 1 is 1.50 bits per heavy atom. The summed E-state index contributed by atoms with van der Waals surface area (Å²) in [4.78, 5) is 21.6. The molecule has 1 saturated heterocycles. The summed E-state index contributed by atoms with van der Waals surface area (Å²) in [5, 5.41) is 4.73. The average Bonchev–Trinajstić information content (AvgIpc) is 2.31. The molecule has 0 radical (unpaired) electrons. The van der Waals surface area contributed by atoms with E-state index in [4.69, 9.17) is 0 Å². The number of nitrogens with one attached hydrogen (secondary N) is 2. The molecule has 4 nitrogen and oxygen atoms in total. The van der Waals surface area contributed by atoms with Gasteiger partial charge in [-0.2, -0.15) is 11.8 Å². The van der Waals surface area contributed by atoms with Crippen LogP contribution in [-0.2, 0) is 4.79 Å². The number of hydrogen-bond donors (Lipinski definition) is 2. The predicted molar refractivity (Wildman–Crippen MR) is 48.1 cm³/mol. The van der Waals surface area contributed by atoms with Gasteiger partial charge in [0.1, 0.15) is 6.04 Å². The number of hydrogen-bond acceptors (Lipinski definition) is 3. The second-order valence-electron chi connectivity index (χ2n) is 2.59. The summed E-state index contributed by atoms with van der Waals surface area (Å²) in [6, 6.07) is -0.698. The summed E-state index contributed by atoms with van der Waals surface area (Å²) in [5.41, 5.74) is 0. The van der Waals surface area contributed by atoms with Crippen molar-refractivity contribution in [3.05, 3.63) is 0 Å². The fraction of sp³-hybridized carbons (Fsp3) is 0.714. The van der Waals surface area contributed by atoms with Gasteiger partial charge in [-0.3, -0.25) is 10.1 Å². The van der Waals surface area contributed by atoms with Crippen LogP contribution in [0.25, 0.3) is 0 Å². The summed E-state index contributed by atoms with van der Waals surface area (Å²) in [5.74, 6) is 1.49. The zero-order chi connectivity index (χ0) is 8.97. The molecular weight excluding hydrogens is 176 g/mol. The smallest absolute Gasteiger partial charge is 0.322 e. The molecule has 12 heavy (non-hydrogen) atoms. The lowest BCUT2D eigenvalue weighted by atomic mass is 10.3. The molecule has 1 rings (SSSR count). The van der Waals surface area contributed by atoms with Gasteiger partial charge in [-0.1, -0.05) is 6.92 Å². The van der Waals surface area contributed by atoms with Crippen molar-refractivity contribution in [1.82, 2.24) is 10.6 Å². The van der Waals surface area contributed by atoms with Crippen molar-refractivity contribution < 1.29 is 9.59 Å². The fourth-order valence-corrected chi connectivity index (χ4v) is 1.85. The molecule has 3 amide bonds. The number of urea groups is 1. The Kier molecular flexibility index (Phi) is 3.40. The number of carbonyl (C=O) groups excluding carboxylic acids is 2. The molecule has 0 aromatic carbocycles.